The Morgan fingerprint density at radius 3 is 2.81 bits per heavy atom. The van der Waals surface area contributed by atoms with Crippen molar-refractivity contribution in [2.24, 2.45) is 0 Å². The van der Waals surface area contributed by atoms with Gasteiger partial charge in [0.1, 0.15) is 6.04 Å². The van der Waals surface area contributed by atoms with Gasteiger partial charge < -0.3 is 24.8 Å². The van der Waals surface area contributed by atoms with E-state index in [9.17, 15) is 4.79 Å². The smallest absolute Gasteiger partial charge is 0.231 e. The SMILES string of the molecule is COc1c2c(cc3c1[C@@H](CC(=O)c1ccc(N)cc1)[NH+](C)CC3)OCO2. The van der Waals surface area contributed by atoms with E-state index >= 15 is 0 Å². The minimum atomic E-state index is 0.00764. The first-order valence-electron chi connectivity index (χ1n) is 8.79. The maximum Gasteiger partial charge on any atom is 0.231 e. The van der Waals surface area contributed by atoms with E-state index < -0.39 is 0 Å². The van der Waals surface area contributed by atoms with Crippen molar-refractivity contribution in [3.8, 4) is 17.2 Å². The Balaban J connectivity index is 1.71. The number of carbonyl (C=O) groups excluding carboxylic acids is 1. The highest BCUT2D eigenvalue weighted by molar-refractivity contribution is 5.96. The van der Waals surface area contributed by atoms with Crippen LogP contribution < -0.4 is 24.8 Å². The number of nitrogens with two attached hydrogens (primary N) is 1. The first-order chi connectivity index (χ1) is 12.6. The van der Waals surface area contributed by atoms with E-state index in [1.54, 1.807) is 31.4 Å². The van der Waals surface area contributed by atoms with E-state index in [4.69, 9.17) is 19.9 Å². The fraction of sp³-hybridized carbons (Fsp3) is 0.350. The van der Waals surface area contributed by atoms with Gasteiger partial charge in [0, 0.05) is 17.7 Å². The van der Waals surface area contributed by atoms with Crippen LogP contribution in [-0.2, 0) is 6.42 Å². The number of hydrogen-bond acceptors (Lipinski definition) is 5. The predicted octanol–water partition coefficient (Wildman–Crippen LogP) is 1.39. The van der Waals surface area contributed by atoms with Crippen LogP contribution in [0, 0.1) is 0 Å². The van der Waals surface area contributed by atoms with Gasteiger partial charge >= 0.3 is 0 Å². The molecule has 0 saturated carbocycles. The number of anilines is 1. The second kappa shape index (κ2) is 6.53. The van der Waals surface area contributed by atoms with Crippen molar-refractivity contribution in [1.82, 2.24) is 0 Å². The molecule has 1 unspecified atom stereocenters. The van der Waals surface area contributed by atoms with Crippen LogP contribution in [0.15, 0.2) is 30.3 Å². The number of rotatable bonds is 4. The van der Waals surface area contributed by atoms with Crippen molar-refractivity contribution < 1.29 is 23.9 Å². The molecule has 0 bridgehead atoms. The van der Waals surface area contributed by atoms with Gasteiger partial charge in [-0.2, -0.15) is 0 Å². The first-order valence-corrected chi connectivity index (χ1v) is 8.79. The second-order valence-electron chi connectivity index (χ2n) is 6.86. The molecule has 0 aliphatic carbocycles. The summed E-state index contributed by atoms with van der Waals surface area (Å²) in [4.78, 5) is 14.2. The third kappa shape index (κ3) is 2.76. The maximum atomic E-state index is 12.9. The van der Waals surface area contributed by atoms with Crippen LogP contribution in [0.2, 0.25) is 0 Å². The van der Waals surface area contributed by atoms with Gasteiger partial charge in [0.15, 0.2) is 17.3 Å². The molecule has 0 amide bonds. The lowest BCUT2D eigenvalue weighted by atomic mass is 9.87. The molecule has 2 aliphatic heterocycles. The van der Waals surface area contributed by atoms with Gasteiger partial charge in [-0.25, -0.2) is 0 Å². The Hall–Kier alpha value is -2.73. The number of likely N-dealkylation sites (N-methyl/N-ethyl adjacent to an activating group) is 1. The lowest BCUT2D eigenvalue weighted by Crippen LogP contribution is -3.10. The number of nitrogens with one attached hydrogen (secondary N) is 1. The van der Waals surface area contributed by atoms with E-state index in [1.165, 1.54) is 10.5 Å². The number of Topliss-reactive ketones (excluding diaryl/α,β-unsaturated/α-hetero) is 1. The van der Waals surface area contributed by atoms with Crippen LogP contribution in [-0.4, -0.2) is 33.3 Å². The minimum absolute atomic E-state index is 0.00764. The minimum Gasteiger partial charge on any atom is -0.492 e. The Bertz CT molecular complexity index is 848. The van der Waals surface area contributed by atoms with Crippen LogP contribution in [0.4, 0.5) is 5.69 Å². The van der Waals surface area contributed by atoms with Gasteiger partial charge in [0.25, 0.3) is 0 Å². The fourth-order valence-corrected chi connectivity index (χ4v) is 3.87. The molecule has 26 heavy (non-hydrogen) atoms. The molecule has 0 radical (unpaired) electrons. The highest BCUT2D eigenvalue weighted by Gasteiger charge is 2.37. The lowest BCUT2D eigenvalue weighted by molar-refractivity contribution is -0.913. The molecule has 2 heterocycles. The quantitative estimate of drug-likeness (QED) is 0.640. The average molecular weight is 355 g/mol. The largest absolute Gasteiger partial charge is 0.492 e. The standard InChI is InChI=1S/C20H22N2O4/c1-22-8-7-13-9-17-19(26-11-25-17)20(24-2)18(13)15(22)10-16(23)12-3-5-14(21)6-4-12/h3-6,9,15H,7-8,10-11,21H2,1-2H3/p+1/t15-/m1/s1. The molecule has 6 nitrogen and oxygen atoms in total. The predicted molar refractivity (Wildman–Crippen MR) is 97.1 cm³/mol. The van der Waals surface area contributed by atoms with Crippen LogP contribution >= 0.6 is 0 Å². The molecule has 0 fully saturated rings. The normalized spacial score (nSPS) is 20.5. The van der Waals surface area contributed by atoms with Gasteiger partial charge in [0.2, 0.25) is 12.5 Å². The third-order valence-electron chi connectivity index (χ3n) is 5.30. The van der Waals surface area contributed by atoms with Gasteiger partial charge in [0.05, 0.1) is 32.7 Å². The summed E-state index contributed by atoms with van der Waals surface area (Å²) in [5.74, 6) is 2.17. The lowest BCUT2D eigenvalue weighted by Gasteiger charge is -2.32. The monoisotopic (exact) mass is 355 g/mol. The molecule has 4 rings (SSSR count). The zero-order valence-corrected chi connectivity index (χ0v) is 15.0. The molecule has 3 N–H and O–H groups in total. The molecule has 0 saturated heterocycles. The Labute approximate surface area is 152 Å². The summed E-state index contributed by atoms with van der Waals surface area (Å²) >= 11 is 0. The molecule has 0 spiro atoms. The van der Waals surface area contributed by atoms with E-state index in [0.717, 1.165) is 24.3 Å². The Kier molecular flexibility index (Phi) is 4.20. The Morgan fingerprint density at radius 2 is 2.08 bits per heavy atom. The number of ketones is 1. The second-order valence-corrected chi connectivity index (χ2v) is 6.86. The van der Waals surface area contributed by atoms with Gasteiger partial charge in [-0.05, 0) is 35.9 Å². The number of fused-ring (bicyclic) bond motifs is 2. The third-order valence-corrected chi connectivity index (χ3v) is 5.30. The van der Waals surface area contributed by atoms with E-state index in [1.807, 2.05) is 6.07 Å². The molecule has 0 aromatic heterocycles. The van der Waals surface area contributed by atoms with Crippen LogP contribution in [0.1, 0.15) is 33.9 Å². The van der Waals surface area contributed by atoms with Gasteiger partial charge in [-0.1, -0.05) is 0 Å². The first kappa shape index (κ1) is 16.7. The number of carbonyl (C=O) groups is 1. The highest BCUT2D eigenvalue weighted by Crippen LogP contribution is 2.47. The highest BCUT2D eigenvalue weighted by atomic mass is 16.7. The van der Waals surface area contributed by atoms with E-state index in [2.05, 4.69) is 7.05 Å². The van der Waals surface area contributed by atoms with Crippen LogP contribution in [0.5, 0.6) is 17.2 Å². The van der Waals surface area contributed by atoms with Crippen LogP contribution in [0.3, 0.4) is 0 Å². The summed E-state index contributed by atoms with van der Waals surface area (Å²) in [6, 6.07) is 9.14. The van der Waals surface area contributed by atoms with Crippen molar-refractivity contribution in [1.29, 1.82) is 0 Å². The zero-order valence-electron chi connectivity index (χ0n) is 15.0. The van der Waals surface area contributed by atoms with Gasteiger partial charge in [-0.3, -0.25) is 4.79 Å². The summed E-state index contributed by atoms with van der Waals surface area (Å²) in [5, 5.41) is 0. The maximum absolute atomic E-state index is 12.9. The van der Waals surface area contributed by atoms with Crippen molar-refractivity contribution >= 4 is 11.5 Å². The number of methoxy groups -OCH3 is 1. The number of nitrogen functional groups attached to an aromatic ring is 1. The summed E-state index contributed by atoms with van der Waals surface area (Å²) in [5.41, 5.74) is 9.29. The summed E-state index contributed by atoms with van der Waals surface area (Å²) in [6.07, 6.45) is 1.32. The van der Waals surface area contributed by atoms with E-state index in [0.29, 0.717) is 29.2 Å². The molecule has 2 aliphatic rings. The summed E-state index contributed by atoms with van der Waals surface area (Å²) in [6.45, 7) is 1.15. The van der Waals surface area contributed by atoms with Crippen LogP contribution in [0.25, 0.3) is 0 Å². The molecular formula is C20H23N2O4+. The summed E-state index contributed by atoms with van der Waals surface area (Å²) < 4.78 is 16.9. The topological polar surface area (TPSA) is 75.2 Å². The van der Waals surface area contributed by atoms with Crippen molar-refractivity contribution in [2.75, 3.05) is 33.2 Å². The average Bonchev–Trinajstić information content (AvgIpc) is 3.11. The molecule has 6 heteroatoms. The number of ether oxygens (including phenoxy) is 3. The molecule has 2 aromatic carbocycles. The fourth-order valence-electron chi connectivity index (χ4n) is 3.87. The van der Waals surface area contributed by atoms with Crippen molar-refractivity contribution in [3.05, 3.63) is 47.0 Å². The summed E-state index contributed by atoms with van der Waals surface area (Å²) in [7, 11) is 3.76. The molecule has 136 valence electrons. The zero-order chi connectivity index (χ0) is 18.3. The molecule has 2 atom stereocenters. The molecule has 2 aromatic rings. The van der Waals surface area contributed by atoms with Gasteiger partial charge in [-0.15, -0.1) is 0 Å². The van der Waals surface area contributed by atoms with Crippen molar-refractivity contribution in [3.63, 3.8) is 0 Å². The number of benzene rings is 2. The molecular weight excluding hydrogens is 332 g/mol. The number of hydrogen-bond donors (Lipinski definition) is 2. The van der Waals surface area contributed by atoms with Crippen molar-refractivity contribution in [2.45, 2.75) is 18.9 Å². The number of quaternary nitrogens is 1. The van der Waals surface area contributed by atoms with E-state index in [-0.39, 0.29) is 18.6 Å². The Morgan fingerprint density at radius 1 is 1.31 bits per heavy atom.